The molecule has 2 saturated carbocycles. The van der Waals surface area contributed by atoms with Crippen molar-refractivity contribution in [1.29, 1.82) is 0 Å². The zero-order valence-electron chi connectivity index (χ0n) is 13.1. The maximum Gasteiger partial charge on any atom is 0.0996 e. The number of hydrogen-bond donors (Lipinski definition) is 1. The number of fused-ring (bicyclic) bond motifs is 1. The Balaban J connectivity index is 1.76. The molecule has 0 saturated heterocycles. The van der Waals surface area contributed by atoms with Crippen LogP contribution in [0, 0.1) is 17.8 Å². The lowest BCUT2D eigenvalue weighted by Crippen LogP contribution is -2.31. The number of aliphatic hydroxyl groups excluding tert-OH is 1. The summed E-state index contributed by atoms with van der Waals surface area (Å²) in [7, 11) is 0. The molecule has 3 nitrogen and oxygen atoms in total. The third-order valence-electron chi connectivity index (χ3n) is 5.58. The van der Waals surface area contributed by atoms with Crippen LogP contribution in [-0.2, 0) is 0 Å². The molecule has 0 spiro atoms. The van der Waals surface area contributed by atoms with Gasteiger partial charge in [-0.15, -0.1) is 0 Å². The molecule has 3 rings (SSSR count). The van der Waals surface area contributed by atoms with Crippen LogP contribution in [0.1, 0.15) is 76.6 Å². The third-order valence-corrected chi connectivity index (χ3v) is 6.19. The highest BCUT2D eigenvalue weighted by atomic mass is 79.9. The number of aliphatic hydroxyl groups is 1. The van der Waals surface area contributed by atoms with Gasteiger partial charge in [-0.3, -0.25) is 4.68 Å². The van der Waals surface area contributed by atoms with E-state index in [1.807, 2.05) is 10.9 Å². The average Bonchev–Trinajstić information content (AvgIpc) is 2.88. The van der Waals surface area contributed by atoms with E-state index in [9.17, 15) is 5.11 Å². The number of nitrogens with zero attached hydrogens (tertiary/aromatic N) is 2. The second kappa shape index (κ2) is 6.41. The van der Waals surface area contributed by atoms with Crippen molar-refractivity contribution in [3.63, 3.8) is 0 Å². The standard InChI is InChI=1S/C17H27BrN2O/c1-11(2)20-16(15(18)10-19-20)17(21)14-8-7-12-5-3-4-6-13(12)9-14/h10-14,17,21H,3-9H2,1-2H3. The summed E-state index contributed by atoms with van der Waals surface area (Å²) < 4.78 is 2.93. The van der Waals surface area contributed by atoms with Gasteiger partial charge in [-0.05, 0) is 66.8 Å². The van der Waals surface area contributed by atoms with Crippen LogP contribution < -0.4 is 0 Å². The first-order chi connectivity index (χ1) is 10.1. The fourth-order valence-electron chi connectivity index (χ4n) is 4.46. The zero-order chi connectivity index (χ0) is 15.0. The summed E-state index contributed by atoms with van der Waals surface area (Å²) in [5, 5.41) is 15.4. The van der Waals surface area contributed by atoms with Gasteiger partial charge in [-0.25, -0.2) is 0 Å². The van der Waals surface area contributed by atoms with Crippen molar-refractivity contribution in [2.75, 3.05) is 0 Å². The van der Waals surface area contributed by atoms with Crippen molar-refractivity contribution in [3.05, 3.63) is 16.4 Å². The summed E-state index contributed by atoms with van der Waals surface area (Å²) in [5.74, 6) is 2.18. The summed E-state index contributed by atoms with van der Waals surface area (Å²) >= 11 is 3.58. The van der Waals surface area contributed by atoms with Crippen molar-refractivity contribution in [1.82, 2.24) is 9.78 Å². The smallest absolute Gasteiger partial charge is 0.0996 e. The van der Waals surface area contributed by atoms with Crippen molar-refractivity contribution >= 4 is 15.9 Å². The summed E-state index contributed by atoms with van der Waals surface area (Å²) in [5.41, 5.74) is 0.976. The van der Waals surface area contributed by atoms with Gasteiger partial charge in [-0.1, -0.05) is 25.7 Å². The maximum atomic E-state index is 10.9. The molecule has 2 aliphatic rings. The first-order valence-electron chi connectivity index (χ1n) is 8.49. The van der Waals surface area contributed by atoms with Crippen LogP contribution in [0.15, 0.2) is 10.7 Å². The van der Waals surface area contributed by atoms with E-state index < -0.39 is 0 Å². The monoisotopic (exact) mass is 354 g/mol. The molecule has 0 aliphatic heterocycles. The highest BCUT2D eigenvalue weighted by molar-refractivity contribution is 9.10. The largest absolute Gasteiger partial charge is 0.386 e. The van der Waals surface area contributed by atoms with Crippen molar-refractivity contribution < 1.29 is 5.11 Å². The van der Waals surface area contributed by atoms with Crippen LogP contribution in [0.4, 0.5) is 0 Å². The Labute approximate surface area is 136 Å². The third kappa shape index (κ3) is 3.07. The Kier molecular flexibility index (Phi) is 4.75. The number of rotatable bonds is 3. The molecule has 1 aromatic rings. The minimum Gasteiger partial charge on any atom is -0.386 e. The molecule has 1 N–H and O–H groups in total. The Bertz CT molecular complexity index is 485. The SMILES string of the molecule is CC(C)n1ncc(Br)c1C(O)C1CCC2CCCCC2C1. The van der Waals surface area contributed by atoms with E-state index in [-0.39, 0.29) is 12.1 Å². The molecule has 1 aromatic heterocycles. The van der Waals surface area contributed by atoms with Gasteiger partial charge in [0, 0.05) is 6.04 Å². The molecule has 0 radical (unpaired) electrons. The minimum absolute atomic E-state index is 0.284. The van der Waals surface area contributed by atoms with Crippen LogP contribution in [-0.4, -0.2) is 14.9 Å². The van der Waals surface area contributed by atoms with E-state index in [1.54, 1.807) is 0 Å². The predicted molar refractivity (Wildman–Crippen MR) is 88.1 cm³/mol. The number of hydrogen-bond acceptors (Lipinski definition) is 2. The number of halogens is 1. The molecule has 1 heterocycles. The molecular weight excluding hydrogens is 328 g/mol. The average molecular weight is 355 g/mol. The molecule has 0 aromatic carbocycles. The second-order valence-corrected chi connectivity index (χ2v) is 8.09. The van der Waals surface area contributed by atoms with Crippen LogP contribution in [0.2, 0.25) is 0 Å². The molecule has 118 valence electrons. The minimum atomic E-state index is -0.382. The first kappa shape index (κ1) is 15.5. The fourth-order valence-corrected chi connectivity index (χ4v) is 4.97. The summed E-state index contributed by atoms with van der Waals surface area (Å²) in [4.78, 5) is 0. The van der Waals surface area contributed by atoms with Crippen LogP contribution in [0.25, 0.3) is 0 Å². The Morgan fingerprint density at radius 3 is 2.62 bits per heavy atom. The Morgan fingerprint density at radius 2 is 1.90 bits per heavy atom. The Morgan fingerprint density at radius 1 is 1.19 bits per heavy atom. The van der Waals surface area contributed by atoms with Crippen LogP contribution in [0.5, 0.6) is 0 Å². The molecule has 0 bridgehead atoms. The highest BCUT2D eigenvalue weighted by Gasteiger charge is 2.37. The maximum absolute atomic E-state index is 10.9. The quantitative estimate of drug-likeness (QED) is 0.840. The topological polar surface area (TPSA) is 38.0 Å². The van der Waals surface area contributed by atoms with Gasteiger partial charge >= 0.3 is 0 Å². The van der Waals surface area contributed by atoms with Crippen LogP contribution >= 0.6 is 15.9 Å². The van der Waals surface area contributed by atoms with Crippen molar-refractivity contribution in [2.24, 2.45) is 17.8 Å². The predicted octanol–water partition coefficient (Wildman–Crippen LogP) is 4.87. The molecular formula is C17H27BrN2O. The van der Waals surface area contributed by atoms with E-state index in [1.165, 1.54) is 38.5 Å². The number of aromatic nitrogens is 2. The van der Waals surface area contributed by atoms with Gasteiger partial charge in [0.1, 0.15) is 0 Å². The van der Waals surface area contributed by atoms with E-state index in [4.69, 9.17) is 0 Å². The van der Waals surface area contributed by atoms with E-state index in [0.717, 1.165) is 28.4 Å². The van der Waals surface area contributed by atoms with E-state index >= 15 is 0 Å². The van der Waals surface area contributed by atoms with Crippen molar-refractivity contribution in [2.45, 2.75) is 70.9 Å². The molecule has 0 amide bonds. The lowest BCUT2D eigenvalue weighted by molar-refractivity contribution is 0.0290. The van der Waals surface area contributed by atoms with Gasteiger partial charge in [0.05, 0.1) is 22.5 Å². The van der Waals surface area contributed by atoms with Gasteiger partial charge in [0.25, 0.3) is 0 Å². The lowest BCUT2D eigenvalue weighted by Gasteiger charge is -2.41. The van der Waals surface area contributed by atoms with Crippen molar-refractivity contribution in [3.8, 4) is 0 Å². The second-order valence-electron chi connectivity index (χ2n) is 7.24. The molecule has 4 unspecified atom stereocenters. The van der Waals surface area contributed by atoms with Gasteiger partial charge in [-0.2, -0.15) is 5.10 Å². The van der Waals surface area contributed by atoms with Crippen LogP contribution in [0.3, 0.4) is 0 Å². The molecule has 2 aliphatic carbocycles. The molecule has 4 heteroatoms. The van der Waals surface area contributed by atoms with E-state index in [2.05, 4.69) is 34.9 Å². The lowest BCUT2D eigenvalue weighted by atomic mass is 9.66. The first-order valence-corrected chi connectivity index (χ1v) is 9.28. The molecule has 2 fully saturated rings. The zero-order valence-corrected chi connectivity index (χ0v) is 14.7. The van der Waals surface area contributed by atoms with Gasteiger partial charge in [0.15, 0.2) is 0 Å². The fraction of sp³-hybridized carbons (Fsp3) is 0.824. The summed E-state index contributed by atoms with van der Waals surface area (Å²) in [6, 6.07) is 0.284. The normalized spacial score (nSPS) is 31.2. The van der Waals surface area contributed by atoms with Gasteiger partial charge < -0.3 is 5.11 Å². The van der Waals surface area contributed by atoms with Gasteiger partial charge in [0.2, 0.25) is 0 Å². The highest BCUT2D eigenvalue weighted by Crippen LogP contribution is 2.47. The Hall–Kier alpha value is -0.350. The summed E-state index contributed by atoms with van der Waals surface area (Å²) in [6.45, 7) is 4.24. The molecule has 21 heavy (non-hydrogen) atoms. The molecule has 4 atom stereocenters. The van der Waals surface area contributed by atoms with E-state index in [0.29, 0.717) is 5.92 Å². The summed E-state index contributed by atoms with van der Waals surface area (Å²) in [6.07, 6.45) is 10.7.